The van der Waals surface area contributed by atoms with Crippen molar-refractivity contribution in [1.82, 2.24) is 0 Å². The van der Waals surface area contributed by atoms with Crippen molar-refractivity contribution >= 4 is 11.4 Å². The van der Waals surface area contributed by atoms with E-state index in [4.69, 9.17) is 0 Å². The lowest BCUT2D eigenvalue weighted by molar-refractivity contribution is 0.735. The highest BCUT2D eigenvalue weighted by Crippen LogP contribution is 2.53. The summed E-state index contributed by atoms with van der Waals surface area (Å²) < 4.78 is 0. The van der Waals surface area contributed by atoms with Crippen molar-refractivity contribution in [3.05, 3.63) is 130 Å². The lowest BCUT2D eigenvalue weighted by Gasteiger charge is -2.42. The van der Waals surface area contributed by atoms with Gasteiger partial charge in [-0.05, 0) is 71.2 Å². The highest BCUT2D eigenvalue weighted by atomic mass is 14.9. The predicted octanol–water partition coefficient (Wildman–Crippen LogP) is 8.81. The number of fused-ring (bicyclic) bond motifs is 2. The maximum Gasteiger partial charge on any atom is 0.0741 e. The molecule has 0 fully saturated rings. The molecule has 0 atom stereocenters. The number of nitrogens with one attached hydrogen (secondary N) is 1. The molecule has 4 aromatic rings. The number of anilines is 2. The van der Waals surface area contributed by atoms with Crippen LogP contribution in [-0.4, -0.2) is 0 Å². The van der Waals surface area contributed by atoms with Gasteiger partial charge in [0.2, 0.25) is 0 Å². The molecule has 1 nitrogen and oxygen atoms in total. The summed E-state index contributed by atoms with van der Waals surface area (Å²) in [5.41, 5.74) is 10.2. The molecule has 0 unspecified atom stereocenters. The van der Waals surface area contributed by atoms with E-state index in [1.54, 1.807) is 0 Å². The monoisotopic (exact) mass is 445 g/mol. The third-order valence-electron chi connectivity index (χ3n) is 7.34. The SMILES string of the molecule is CCCCc1ccc(C2(c3ccc(CCCC)cc3)c3ccccc3Nc3ccccc32)cc1. The number of unbranched alkanes of at least 4 members (excludes halogenated alkanes) is 2. The van der Waals surface area contributed by atoms with Gasteiger partial charge in [0.15, 0.2) is 0 Å². The Labute approximate surface area is 204 Å². The zero-order valence-corrected chi connectivity index (χ0v) is 20.5. The molecule has 0 radical (unpaired) electrons. The van der Waals surface area contributed by atoms with Gasteiger partial charge in [0.25, 0.3) is 0 Å². The van der Waals surface area contributed by atoms with Crippen LogP contribution < -0.4 is 5.32 Å². The van der Waals surface area contributed by atoms with E-state index in [1.165, 1.54) is 70.4 Å². The van der Waals surface area contributed by atoms with Crippen molar-refractivity contribution in [2.24, 2.45) is 0 Å². The summed E-state index contributed by atoms with van der Waals surface area (Å²) in [5, 5.41) is 3.71. The molecule has 1 heterocycles. The Kier molecular flexibility index (Phi) is 6.54. The van der Waals surface area contributed by atoms with Crippen LogP contribution in [-0.2, 0) is 18.3 Å². The average molecular weight is 446 g/mol. The molecule has 1 aliphatic heterocycles. The van der Waals surface area contributed by atoms with Gasteiger partial charge in [-0.15, -0.1) is 0 Å². The summed E-state index contributed by atoms with van der Waals surface area (Å²) in [6.45, 7) is 4.52. The van der Waals surface area contributed by atoms with Crippen LogP contribution in [0.15, 0.2) is 97.1 Å². The smallest absolute Gasteiger partial charge is 0.0741 e. The highest BCUT2D eigenvalue weighted by molar-refractivity contribution is 5.81. The van der Waals surface area contributed by atoms with Gasteiger partial charge in [0.1, 0.15) is 0 Å². The molecule has 0 bridgehead atoms. The van der Waals surface area contributed by atoms with Gasteiger partial charge in [-0.3, -0.25) is 0 Å². The fraction of sp³-hybridized carbons (Fsp3) is 0.273. The Hall–Kier alpha value is -3.32. The number of para-hydroxylation sites is 2. The minimum absolute atomic E-state index is 0.356. The zero-order valence-electron chi connectivity index (χ0n) is 20.5. The van der Waals surface area contributed by atoms with Gasteiger partial charge in [0, 0.05) is 11.4 Å². The van der Waals surface area contributed by atoms with Crippen LogP contribution in [0.5, 0.6) is 0 Å². The van der Waals surface area contributed by atoms with Crippen LogP contribution in [0.1, 0.15) is 72.9 Å². The number of aryl methyl sites for hydroxylation is 2. The summed E-state index contributed by atoms with van der Waals surface area (Å²) in [6.07, 6.45) is 7.21. The van der Waals surface area contributed by atoms with Crippen molar-refractivity contribution in [3.63, 3.8) is 0 Å². The van der Waals surface area contributed by atoms with Gasteiger partial charge in [-0.1, -0.05) is 112 Å². The zero-order chi connectivity index (χ0) is 23.4. The first-order valence-electron chi connectivity index (χ1n) is 12.9. The third kappa shape index (κ3) is 3.94. The second-order valence-corrected chi connectivity index (χ2v) is 9.57. The topological polar surface area (TPSA) is 12.0 Å². The van der Waals surface area contributed by atoms with Crippen LogP contribution in [0.4, 0.5) is 11.4 Å². The molecule has 0 amide bonds. The van der Waals surface area contributed by atoms with Crippen LogP contribution in [0.3, 0.4) is 0 Å². The molecule has 172 valence electrons. The van der Waals surface area contributed by atoms with Crippen LogP contribution in [0, 0.1) is 0 Å². The molecule has 0 saturated heterocycles. The van der Waals surface area contributed by atoms with Gasteiger partial charge < -0.3 is 5.32 Å². The van der Waals surface area contributed by atoms with Gasteiger partial charge in [-0.25, -0.2) is 0 Å². The van der Waals surface area contributed by atoms with Gasteiger partial charge in [-0.2, -0.15) is 0 Å². The standard InChI is InChI=1S/C33H35N/c1-3-5-11-25-17-21-27(22-18-25)33(28-23-19-26(20-24-28)12-6-4-2)29-13-7-9-15-31(29)34-32-16-10-8-14-30(32)33/h7-10,13-24,34H,3-6,11-12H2,1-2H3. The van der Waals surface area contributed by atoms with Crippen LogP contribution in [0.2, 0.25) is 0 Å². The Bertz CT molecular complexity index is 1140. The predicted molar refractivity (Wildman–Crippen MR) is 145 cm³/mol. The lowest BCUT2D eigenvalue weighted by atomic mass is 9.62. The Morgan fingerprint density at radius 2 is 0.941 bits per heavy atom. The first-order valence-corrected chi connectivity index (χ1v) is 12.9. The Morgan fingerprint density at radius 1 is 0.529 bits per heavy atom. The second kappa shape index (κ2) is 9.89. The van der Waals surface area contributed by atoms with Gasteiger partial charge in [0.05, 0.1) is 5.41 Å². The summed E-state index contributed by atoms with van der Waals surface area (Å²) in [5.74, 6) is 0. The molecule has 1 aliphatic rings. The number of benzene rings is 4. The molecule has 0 aliphatic carbocycles. The maximum atomic E-state index is 3.71. The molecule has 0 aromatic heterocycles. The van der Waals surface area contributed by atoms with Crippen LogP contribution >= 0.6 is 0 Å². The normalized spacial score (nSPS) is 13.6. The average Bonchev–Trinajstić information content (AvgIpc) is 2.90. The van der Waals surface area contributed by atoms with Crippen molar-refractivity contribution in [1.29, 1.82) is 0 Å². The summed E-state index contributed by atoms with van der Waals surface area (Å²) >= 11 is 0. The molecule has 5 rings (SSSR count). The molecule has 34 heavy (non-hydrogen) atoms. The van der Waals surface area contributed by atoms with Gasteiger partial charge >= 0.3 is 0 Å². The fourth-order valence-corrected chi connectivity index (χ4v) is 5.52. The number of hydrogen-bond acceptors (Lipinski definition) is 1. The van der Waals surface area contributed by atoms with E-state index >= 15 is 0 Å². The molecule has 1 N–H and O–H groups in total. The molecule has 4 aromatic carbocycles. The fourth-order valence-electron chi connectivity index (χ4n) is 5.52. The highest BCUT2D eigenvalue weighted by Gasteiger charge is 2.43. The maximum absolute atomic E-state index is 3.71. The quantitative estimate of drug-likeness (QED) is 0.251. The van der Waals surface area contributed by atoms with E-state index in [0.29, 0.717) is 0 Å². The van der Waals surface area contributed by atoms with E-state index in [0.717, 1.165) is 12.8 Å². The number of rotatable bonds is 8. The first-order chi connectivity index (χ1) is 16.8. The lowest BCUT2D eigenvalue weighted by Crippen LogP contribution is -2.35. The van der Waals surface area contributed by atoms with Crippen molar-refractivity contribution in [3.8, 4) is 0 Å². The molecular formula is C33H35N. The molecule has 0 spiro atoms. The number of hydrogen-bond donors (Lipinski definition) is 1. The minimum Gasteiger partial charge on any atom is -0.355 e. The molecule has 0 saturated carbocycles. The van der Waals surface area contributed by atoms with Crippen molar-refractivity contribution in [2.45, 2.75) is 57.8 Å². The van der Waals surface area contributed by atoms with Crippen molar-refractivity contribution in [2.75, 3.05) is 5.32 Å². The van der Waals surface area contributed by atoms with E-state index in [9.17, 15) is 0 Å². The minimum atomic E-state index is -0.356. The van der Waals surface area contributed by atoms with Crippen LogP contribution in [0.25, 0.3) is 0 Å². The summed E-state index contributed by atoms with van der Waals surface area (Å²) in [7, 11) is 0. The van der Waals surface area contributed by atoms with E-state index in [1.807, 2.05) is 0 Å². The summed E-state index contributed by atoms with van der Waals surface area (Å²) in [4.78, 5) is 0. The van der Waals surface area contributed by atoms with E-state index in [2.05, 4.69) is 116 Å². The van der Waals surface area contributed by atoms with E-state index in [-0.39, 0.29) is 5.41 Å². The molecule has 1 heteroatoms. The van der Waals surface area contributed by atoms with E-state index < -0.39 is 0 Å². The second-order valence-electron chi connectivity index (χ2n) is 9.57. The van der Waals surface area contributed by atoms with Crippen molar-refractivity contribution < 1.29 is 0 Å². The Morgan fingerprint density at radius 3 is 1.35 bits per heavy atom. The summed E-state index contributed by atoms with van der Waals surface area (Å²) in [6, 6.07) is 36.5. The largest absolute Gasteiger partial charge is 0.355 e. The first kappa shape index (κ1) is 22.5. The Balaban J connectivity index is 1.74. The third-order valence-corrected chi connectivity index (χ3v) is 7.34. The molecular weight excluding hydrogens is 410 g/mol.